The van der Waals surface area contributed by atoms with Crippen LogP contribution in [-0.4, -0.2) is 35.8 Å². The summed E-state index contributed by atoms with van der Waals surface area (Å²) in [4.78, 5) is 28.5. The molecule has 6 heteroatoms. The highest BCUT2D eigenvalue weighted by atomic mass is 79.9. The van der Waals surface area contributed by atoms with E-state index in [1.807, 2.05) is 4.90 Å². The summed E-state index contributed by atoms with van der Waals surface area (Å²) in [5.41, 5.74) is 0.786. The topological polar surface area (TPSA) is 49.4 Å². The molecule has 4 nitrogen and oxygen atoms in total. The summed E-state index contributed by atoms with van der Waals surface area (Å²) >= 11 is 3.20. The van der Waals surface area contributed by atoms with Crippen LogP contribution in [-0.2, 0) is 16.0 Å². The van der Waals surface area contributed by atoms with Crippen LogP contribution in [0.2, 0.25) is 0 Å². The first-order valence-electron chi connectivity index (χ1n) is 11.5. The van der Waals surface area contributed by atoms with Crippen LogP contribution in [0, 0.1) is 29.0 Å². The van der Waals surface area contributed by atoms with E-state index >= 15 is 0 Å². The SMILES string of the molecule is O=C(NCCc1ccc(F)c(Br)c1)C1CCCN1C(=O)C12CC3CC(CC(C3)C1)C2. The van der Waals surface area contributed by atoms with E-state index in [0.29, 0.717) is 24.0 Å². The van der Waals surface area contributed by atoms with E-state index in [0.717, 1.165) is 55.4 Å². The fourth-order valence-corrected chi connectivity index (χ4v) is 7.53. The molecule has 1 N–H and O–H groups in total. The highest BCUT2D eigenvalue weighted by Gasteiger charge is 2.56. The third-order valence-corrected chi connectivity index (χ3v) is 8.61. The van der Waals surface area contributed by atoms with Gasteiger partial charge in [-0.1, -0.05) is 6.07 Å². The number of carbonyl (C=O) groups is 2. The fourth-order valence-electron chi connectivity index (χ4n) is 7.10. The van der Waals surface area contributed by atoms with Crippen molar-refractivity contribution in [3.8, 4) is 0 Å². The monoisotopic (exact) mass is 476 g/mol. The highest BCUT2D eigenvalue weighted by molar-refractivity contribution is 9.10. The third kappa shape index (κ3) is 3.69. The number of benzene rings is 1. The van der Waals surface area contributed by atoms with E-state index in [-0.39, 0.29) is 29.1 Å². The molecule has 0 aromatic heterocycles. The smallest absolute Gasteiger partial charge is 0.242 e. The van der Waals surface area contributed by atoms with Crippen molar-refractivity contribution in [3.63, 3.8) is 0 Å². The summed E-state index contributed by atoms with van der Waals surface area (Å²) in [7, 11) is 0. The Hall–Kier alpha value is -1.43. The highest BCUT2D eigenvalue weighted by Crippen LogP contribution is 2.60. The van der Waals surface area contributed by atoms with Crippen molar-refractivity contribution in [1.82, 2.24) is 10.2 Å². The van der Waals surface area contributed by atoms with Crippen molar-refractivity contribution in [2.24, 2.45) is 23.2 Å². The Kier molecular flexibility index (Phi) is 5.41. The standard InChI is InChI=1S/C24H30BrFN2O2/c25-19-11-15(3-4-20(19)26)5-6-27-22(29)21-2-1-7-28(21)23(30)24-12-16-8-17(13-24)10-18(9-16)14-24/h3-4,11,16-18,21H,1-2,5-10,12-14H2,(H,27,29). The average Bonchev–Trinajstić information content (AvgIpc) is 3.19. The van der Waals surface area contributed by atoms with E-state index in [4.69, 9.17) is 0 Å². The molecule has 4 saturated carbocycles. The molecule has 1 aromatic rings. The van der Waals surface area contributed by atoms with Crippen molar-refractivity contribution in [2.75, 3.05) is 13.1 Å². The molecule has 2 amide bonds. The zero-order valence-electron chi connectivity index (χ0n) is 17.3. The molecule has 1 aromatic carbocycles. The minimum Gasteiger partial charge on any atom is -0.354 e. The molecule has 5 fully saturated rings. The Bertz CT molecular complexity index is 822. The van der Waals surface area contributed by atoms with Gasteiger partial charge in [-0.2, -0.15) is 0 Å². The van der Waals surface area contributed by atoms with Crippen LogP contribution in [0.4, 0.5) is 4.39 Å². The molecule has 1 unspecified atom stereocenters. The van der Waals surface area contributed by atoms with Crippen molar-refractivity contribution in [1.29, 1.82) is 0 Å². The Balaban J connectivity index is 1.21. The number of carbonyl (C=O) groups excluding carboxylic acids is 2. The van der Waals surface area contributed by atoms with Gasteiger partial charge in [0.2, 0.25) is 11.8 Å². The van der Waals surface area contributed by atoms with E-state index < -0.39 is 0 Å². The molecule has 5 aliphatic rings. The van der Waals surface area contributed by atoms with E-state index in [1.54, 1.807) is 12.1 Å². The van der Waals surface area contributed by atoms with Gasteiger partial charge in [-0.05, 0) is 109 Å². The lowest BCUT2D eigenvalue weighted by Gasteiger charge is -2.56. The largest absolute Gasteiger partial charge is 0.354 e. The molecule has 1 heterocycles. The number of rotatable bonds is 5. The molecular formula is C24H30BrFN2O2. The predicted molar refractivity (Wildman–Crippen MR) is 116 cm³/mol. The van der Waals surface area contributed by atoms with Gasteiger partial charge in [-0.3, -0.25) is 9.59 Å². The molecule has 0 radical (unpaired) electrons. The van der Waals surface area contributed by atoms with Crippen molar-refractivity contribution in [2.45, 2.75) is 63.8 Å². The second-order valence-corrected chi connectivity index (χ2v) is 11.0. The minimum atomic E-state index is -0.328. The third-order valence-electron chi connectivity index (χ3n) is 8.01. The van der Waals surface area contributed by atoms with Crippen LogP contribution >= 0.6 is 15.9 Å². The van der Waals surface area contributed by atoms with E-state index in [2.05, 4.69) is 21.2 Å². The zero-order valence-corrected chi connectivity index (χ0v) is 18.9. The van der Waals surface area contributed by atoms with Crippen molar-refractivity contribution < 1.29 is 14.0 Å². The quantitative estimate of drug-likeness (QED) is 0.681. The number of hydrogen-bond donors (Lipinski definition) is 1. The number of halogens is 2. The van der Waals surface area contributed by atoms with Crippen LogP contribution < -0.4 is 5.32 Å². The summed E-state index contributed by atoms with van der Waals surface area (Å²) in [6.45, 7) is 1.20. The van der Waals surface area contributed by atoms with Gasteiger partial charge in [0, 0.05) is 13.1 Å². The van der Waals surface area contributed by atoms with Crippen molar-refractivity contribution in [3.05, 3.63) is 34.1 Å². The molecule has 4 aliphatic carbocycles. The molecule has 1 atom stereocenters. The lowest BCUT2D eigenvalue weighted by molar-refractivity contribution is -0.160. The van der Waals surface area contributed by atoms with Crippen LogP contribution in [0.1, 0.15) is 56.9 Å². The molecule has 4 bridgehead atoms. The Morgan fingerprint density at radius 3 is 2.43 bits per heavy atom. The van der Waals surface area contributed by atoms with Gasteiger partial charge in [0.15, 0.2) is 0 Å². The maximum Gasteiger partial charge on any atom is 0.242 e. The molecule has 1 aliphatic heterocycles. The molecule has 30 heavy (non-hydrogen) atoms. The summed E-state index contributed by atoms with van der Waals surface area (Å²) in [6, 6.07) is 4.60. The van der Waals surface area contributed by atoms with E-state index in [9.17, 15) is 14.0 Å². The molecule has 0 spiro atoms. The first-order valence-corrected chi connectivity index (χ1v) is 12.3. The zero-order chi connectivity index (χ0) is 20.9. The molecular weight excluding hydrogens is 447 g/mol. The van der Waals surface area contributed by atoms with Gasteiger partial charge in [0.25, 0.3) is 0 Å². The van der Waals surface area contributed by atoms with Crippen LogP contribution in [0.3, 0.4) is 0 Å². The maximum absolute atomic E-state index is 13.7. The number of hydrogen-bond acceptors (Lipinski definition) is 2. The number of amides is 2. The lowest BCUT2D eigenvalue weighted by Crippen LogP contribution is -2.57. The van der Waals surface area contributed by atoms with Gasteiger partial charge in [0.1, 0.15) is 11.9 Å². The Morgan fingerprint density at radius 1 is 1.13 bits per heavy atom. The average molecular weight is 477 g/mol. The fraction of sp³-hybridized carbons (Fsp3) is 0.667. The van der Waals surface area contributed by atoms with Crippen LogP contribution in [0.25, 0.3) is 0 Å². The minimum absolute atomic E-state index is 0.0354. The summed E-state index contributed by atoms with van der Waals surface area (Å²) in [6.07, 6.45) is 9.38. The second kappa shape index (κ2) is 7.92. The predicted octanol–water partition coefficient (Wildman–Crippen LogP) is 4.45. The summed E-state index contributed by atoms with van der Waals surface area (Å²) < 4.78 is 13.8. The first-order chi connectivity index (χ1) is 14.4. The number of likely N-dealkylation sites (tertiary alicyclic amines) is 1. The van der Waals surface area contributed by atoms with Gasteiger partial charge in [-0.25, -0.2) is 4.39 Å². The number of nitrogens with one attached hydrogen (secondary N) is 1. The Labute approximate surface area is 186 Å². The van der Waals surface area contributed by atoms with Gasteiger partial charge in [0.05, 0.1) is 9.89 Å². The van der Waals surface area contributed by atoms with Gasteiger partial charge in [-0.15, -0.1) is 0 Å². The second-order valence-electron chi connectivity index (χ2n) is 10.1. The summed E-state index contributed by atoms with van der Waals surface area (Å²) in [5, 5.41) is 3.02. The van der Waals surface area contributed by atoms with Gasteiger partial charge < -0.3 is 10.2 Å². The van der Waals surface area contributed by atoms with Crippen molar-refractivity contribution >= 4 is 27.7 Å². The first kappa shape index (κ1) is 20.5. The Morgan fingerprint density at radius 2 is 1.80 bits per heavy atom. The van der Waals surface area contributed by atoms with E-state index in [1.165, 1.54) is 25.3 Å². The molecule has 1 saturated heterocycles. The van der Waals surface area contributed by atoms with Gasteiger partial charge >= 0.3 is 0 Å². The maximum atomic E-state index is 13.7. The number of nitrogens with zero attached hydrogens (tertiary/aromatic N) is 1. The van der Waals surface area contributed by atoms with Crippen LogP contribution in [0.5, 0.6) is 0 Å². The molecule has 162 valence electrons. The summed E-state index contributed by atoms with van der Waals surface area (Å²) in [5.74, 6) is 2.13. The normalized spacial score (nSPS) is 34.4. The lowest BCUT2D eigenvalue weighted by atomic mass is 9.49. The van der Waals surface area contributed by atoms with Crippen LogP contribution in [0.15, 0.2) is 22.7 Å². The molecule has 6 rings (SSSR count).